The van der Waals surface area contributed by atoms with E-state index in [0.717, 1.165) is 38.9 Å². The fraction of sp³-hybridized carbons (Fsp3) is 0.250. The quantitative estimate of drug-likeness (QED) is 0.268. The Hall–Kier alpha value is -3.72. The van der Waals surface area contributed by atoms with Gasteiger partial charge in [0.2, 0.25) is 0 Å². The average Bonchev–Trinajstić information content (AvgIpc) is 2.83. The van der Waals surface area contributed by atoms with Crippen molar-refractivity contribution < 1.29 is 15.3 Å². The Balaban J connectivity index is 2.03. The fourth-order valence-electron chi connectivity index (χ4n) is 5.07. The topological polar surface area (TPSA) is 60.7 Å². The van der Waals surface area contributed by atoms with Crippen LogP contribution >= 0.6 is 0 Å². The first kappa shape index (κ1) is 24.4. The van der Waals surface area contributed by atoms with Crippen LogP contribution in [0.15, 0.2) is 78.9 Å². The van der Waals surface area contributed by atoms with Gasteiger partial charge in [-0.25, -0.2) is 0 Å². The van der Waals surface area contributed by atoms with Gasteiger partial charge in [-0.2, -0.15) is 0 Å². The van der Waals surface area contributed by atoms with Gasteiger partial charge in [0.15, 0.2) is 0 Å². The lowest BCUT2D eigenvalue weighted by molar-refractivity contribution is 0.468. The third-order valence-corrected chi connectivity index (χ3v) is 7.61. The van der Waals surface area contributed by atoms with Crippen molar-refractivity contribution in [3.05, 3.63) is 123 Å². The highest BCUT2D eigenvalue weighted by molar-refractivity contribution is 5.58. The molecule has 0 amide bonds. The lowest BCUT2D eigenvalue weighted by Crippen LogP contribution is -2.31. The van der Waals surface area contributed by atoms with Gasteiger partial charge < -0.3 is 15.3 Å². The minimum atomic E-state index is -0.559. The van der Waals surface area contributed by atoms with E-state index in [0.29, 0.717) is 5.75 Å². The van der Waals surface area contributed by atoms with Gasteiger partial charge in [-0.1, -0.05) is 74.5 Å². The first-order valence-electron chi connectivity index (χ1n) is 12.0. The van der Waals surface area contributed by atoms with Crippen LogP contribution in [-0.4, -0.2) is 15.3 Å². The second-order valence-electron chi connectivity index (χ2n) is 10.3. The standard InChI is InChI=1S/C32H34O3/c1-20-17-23(11-14-28(20)33)31(4,5)26-9-7-8-10-27(26)32(6,24-12-15-29(34)21(2)18-24)25-13-16-30(35)22(3)19-25/h7-19,33-35H,1-6H3. The first-order valence-corrected chi connectivity index (χ1v) is 12.0. The zero-order valence-electron chi connectivity index (χ0n) is 21.3. The summed E-state index contributed by atoms with van der Waals surface area (Å²) in [6.07, 6.45) is 0. The zero-order chi connectivity index (χ0) is 25.5. The molecule has 180 valence electrons. The molecule has 3 N–H and O–H groups in total. The largest absolute Gasteiger partial charge is 0.508 e. The number of rotatable bonds is 5. The number of aromatic hydroxyl groups is 3. The number of hydrogen-bond acceptors (Lipinski definition) is 3. The number of phenols is 3. The van der Waals surface area contributed by atoms with Crippen LogP contribution in [0.1, 0.15) is 65.3 Å². The van der Waals surface area contributed by atoms with Crippen molar-refractivity contribution in [1.82, 2.24) is 0 Å². The molecule has 4 aromatic carbocycles. The molecule has 0 bridgehead atoms. The van der Waals surface area contributed by atoms with Gasteiger partial charge in [0, 0.05) is 10.8 Å². The van der Waals surface area contributed by atoms with E-state index in [1.54, 1.807) is 18.2 Å². The van der Waals surface area contributed by atoms with E-state index in [1.165, 1.54) is 5.56 Å². The van der Waals surface area contributed by atoms with E-state index in [9.17, 15) is 15.3 Å². The molecule has 0 heterocycles. The van der Waals surface area contributed by atoms with Crippen molar-refractivity contribution in [2.75, 3.05) is 0 Å². The van der Waals surface area contributed by atoms with Crippen LogP contribution in [0.5, 0.6) is 17.2 Å². The lowest BCUT2D eigenvalue weighted by Gasteiger charge is -2.38. The van der Waals surface area contributed by atoms with Crippen LogP contribution in [0.4, 0.5) is 0 Å². The SMILES string of the molecule is Cc1cc(C(C)(C)c2ccccc2C(C)(c2ccc(O)c(C)c2)c2ccc(O)c(C)c2)ccc1O. The molecule has 35 heavy (non-hydrogen) atoms. The van der Waals surface area contributed by atoms with Gasteiger partial charge in [-0.05, 0) is 90.4 Å². The Morgan fingerprint density at radius 3 is 1.29 bits per heavy atom. The molecule has 4 rings (SSSR count). The molecule has 0 spiro atoms. The van der Waals surface area contributed by atoms with Crippen molar-refractivity contribution in [2.24, 2.45) is 0 Å². The van der Waals surface area contributed by atoms with Crippen LogP contribution in [-0.2, 0) is 10.8 Å². The van der Waals surface area contributed by atoms with E-state index in [1.807, 2.05) is 51.1 Å². The maximum atomic E-state index is 10.3. The van der Waals surface area contributed by atoms with Gasteiger partial charge in [0.05, 0.1) is 0 Å². The summed E-state index contributed by atoms with van der Waals surface area (Å²) in [7, 11) is 0. The van der Waals surface area contributed by atoms with Crippen molar-refractivity contribution in [3.63, 3.8) is 0 Å². The van der Waals surface area contributed by atoms with Gasteiger partial charge in [-0.3, -0.25) is 0 Å². The molecule has 0 saturated heterocycles. The van der Waals surface area contributed by atoms with E-state index >= 15 is 0 Å². The molecule has 3 heteroatoms. The predicted molar refractivity (Wildman–Crippen MR) is 143 cm³/mol. The van der Waals surface area contributed by atoms with E-state index in [-0.39, 0.29) is 16.9 Å². The highest BCUT2D eigenvalue weighted by Gasteiger charge is 2.37. The van der Waals surface area contributed by atoms with Gasteiger partial charge in [0.25, 0.3) is 0 Å². The second-order valence-corrected chi connectivity index (χ2v) is 10.3. The highest BCUT2D eigenvalue weighted by atomic mass is 16.3. The maximum absolute atomic E-state index is 10.3. The monoisotopic (exact) mass is 466 g/mol. The summed E-state index contributed by atoms with van der Waals surface area (Å²) in [6.45, 7) is 12.4. The predicted octanol–water partition coefficient (Wildman–Crippen LogP) is 7.41. The van der Waals surface area contributed by atoms with Crippen molar-refractivity contribution in [2.45, 2.75) is 52.4 Å². The van der Waals surface area contributed by atoms with Crippen molar-refractivity contribution in [3.8, 4) is 17.2 Å². The molecule has 0 radical (unpaired) electrons. The second kappa shape index (κ2) is 8.81. The number of aryl methyl sites for hydroxylation is 3. The van der Waals surface area contributed by atoms with Crippen LogP contribution in [0.25, 0.3) is 0 Å². The Morgan fingerprint density at radius 2 is 0.857 bits per heavy atom. The summed E-state index contributed by atoms with van der Waals surface area (Å²) in [4.78, 5) is 0. The fourth-order valence-corrected chi connectivity index (χ4v) is 5.07. The Morgan fingerprint density at radius 1 is 0.486 bits per heavy atom. The summed E-state index contributed by atoms with van der Waals surface area (Å²) in [5.41, 5.74) is 7.11. The molecule has 0 aromatic heterocycles. The van der Waals surface area contributed by atoms with E-state index in [2.05, 4.69) is 51.1 Å². The third kappa shape index (κ3) is 4.16. The number of benzene rings is 4. The zero-order valence-corrected chi connectivity index (χ0v) is 21.3. The van der Waals surface area contributed by atoms with Crippen molar-refractivity contribution in [1.29, 1.82) is 0 Å². The minimum absolute atomic E-state index is 0.270. The Labute approximate surface area is 208 Å². The summed E-state index contributed by atoms with van der Waals surface area (Å²) in [5, 5.41) is 30.6. The Kier molecular flexibility index (Phi) is 6.14. The molecular formula is C32H34O3. The molecule has 0 aliphatic heterocycles. The highest BCUT2D eigenvalue weighted by Crippen LogP contribution is 2.46. The summed E-state index contributed by atoms with van der Waals surface area (Å²) < 4.78 is 0. The third-order valence-electron chi connectivity index (χ3n) is 7.61. The molecule has 0 unspecified atom stereocenters. The van der Waals surface area contributed by atoms with Crippen LogP contribution in [0.3, 0.4) is 0 Å². The normalized spacial score (nSPS) is 12.1. The van der Waals surface area contributed by atoms with E-state index < -0.39 is 5.41 Å². The Bertz CT molecular complexity index is 1350. The molecule has 0 atom stereocenters. The van der Waals surface area contributed by atoms with Gasteiger partial charge in [0.1, 0.15) is 17.2 Å². The number of hydrogen-bond donors (Lipinski definition) is 3. The molecule has 0 fully saturated rings. The lowest BCUT2D eigenvalue weighted by atomic mass is 9.64. The molecular weight excluding hydrogens is 432 g/mol. The molecule has 0 saturated carbocycles. The summed E-state index contributed by atoms with van der Waals surface area (Å²) >= 11 is 0. The van der Waals surface area contributed by atoms with Crippen LogP contribution in [0, 0.1) is 20.8 Å². The molecule has 0 aliphatic rings. The molecule has 4 aromatic rings. The van der Waals surface area contributed by atoms with Crippen LogP contribution < -0.4 is 0 Å². The van der Waals surface area contributed by atoms with Gasteiger partial charge >= 0.3 is 0 Å². The van der Waals surface area contributed by atoms with Crippen LogP contribution in [0.2, 0.25) is 0 Å². The van der Waals surface area contributed by atoms with Crippen molar-refractivity contribution >= 4 is 0 Å². The average molecular weight is 467 g/mol. The maximum Gasteiger partial charge on any atom is 0.118 e. The first-order chi connectivity index (χ1) is 16.5. The summed E-state index contributed by atoms with van der Waals surface area (Å²) in [5.74, 6) is 0.833. The van der Waals surface area contributed by atoms with Gasteiger partial charge in [-0.15, -0.1) is 0 Å². The molecule has 3 nitrogen and oxygen atoms in total. The van der Waals surface area contributed by atoms with E-state index in [4.69, 9.17) is 0 Å². The molecule has 0 aliphatic carbocycles. The smallest absolute Gasteiger partial charge is 0.118 e. The minimum Gasteiger partial charge on any atom is -0.508 e. The number of phenolic OH excluding ortho intramolecular Hbond substituents is 3. The summed E-state index contributed by atoms with van der Waals surface area (Å²) in [6, 6.07) is 25.9.